The minimum atomic E-state index is -3.31. The van der Waals surface area contributed by atoms with Crippen LogP contribution in [-0.4, -0.2) is 38.0 Å². The largest absolute Gasteiger partial charge is 0.376 e. The van der Waals surface area contributed by atoms with Crippen LogP contribution in [0.3, 0.4) is 0 Å². The van der Waals surface area contributed by atoms with Crippen molar-refractivity contribution >= 4 is 21.4 Å². The Balaban J connectivity index is 1.53. The fourth-order valence-corrected chi connectivity index (χ4v) is 6.32. The molecule has 1 saturated heterocycles. The van der Waals surface area contributed by atoms with Crippen molar-refractivity contribution in [3.63, 3.8) is 0 Å². The Morgan fingerprint density at radius 3 is 2.85 bits per heavy atom. The zero-order valence-corrected chi connectivity index (χ0v) is 12.9. The van der Waals surface area contributed by atoms with Gasteiger partial charge in [0.1, 0.15) is 4.21 Å². The van der Waals surface area contributed by atoms with Crippen LogP contribution in [0.2, 0.25) is 0 Å². The molecule has 20 heavy (non-hydrogen) atoms. The van der Waals surface area contributed by atoms with E-state index in [-0.39, 0.29) is 12.1 Å². The molecule has 0 spiro atoms. The van der Waals surface area contributed by atoms with Gasteiger partial charge >= 0.3 is 0 Å². The van der Waals surface area contributed by atoms with Crippen molar-refractivity contribution in [2.75, 3.05) is 13.2 Å². The van der Waals surface area contributed by atoms with Crippen molar-refractivity contribution < 1.29 is 13.2 Å². The van der Waals surface area contributed by atoms with E-state index >= 15 is 0 Å². The first-order valence-corrected chi connectivity index (χ1v) is 9.65. The number of thiophene rings is 1. The van der Waals surface area contributed by atoms with Crippen molar-refractivity contribution in [2.45, 2.75) is 42.0 Å². The molecule has 2 saturated carbocycles. The van der Waals surface area contributed by atoms with E-state index in [1.54, 1.807) is 16.4 Å². The van der Waals surface area contributed by atoms with E-state index in [2.05, 4.69) is 0 Å². The highest BCUT2D eigenvalue weighted by atomic mass is 32.2. The molecule has 2 heterocycles. The van der Waals surface area contributed by atoms with Crippen LogP contribution in [0.15, 0.2) is 21.7 Å². The van der Waals surface area contributed by atoms with Crippen LogP contribution in [0, 0.1) is 11.8 Å². The molecule has 1 aromatic heterocycles. The summed E-state index contributed by atoms with van der Waals surface area (Å²) in [7, 11) is -3.31. The van der Waals surface area contributed by atoms with Crippen LogP contribution >= 0.6 is 11.3 Å². The molecular weight excluding hydrogens is 294 g/mol. The minimum absolute atomic E-state index is 0.0610. The van der Waals surface area contributed by atoms with Gasteiger partial charge in [-0.15, -0.1) is 11.3 Å². The smallest absolute Gasteiger partial charge is 0.252 e. The van der Waals surface area contributed by atoms with Crippen LogP contribution in [0.25, 0.3) is 0 Å². The highest BCUT2D eigenvalue weighted by molar-refractivity contribution is 7.91. The third kappa shape index (κ3) is 2.13. The predicted molar refractivity (Wildman–Crippen MR) is 77.2 cm³/mol. The lowest BCUT2D eigenvalue weighted by atomic mass is 10.1. The zero-order chi connectivity index (χ0) is 13.7. The van der Waals surface area contributed by atoms with Crippen LogP contribution in [0.5, 0.6) is 0 Å². The third-order valence-corrected chi connectivity index (χ3v) is 8.00. The molecule has 2 bridgehead atoms. The zero-order valence-electron chi connectivity index (χ0n) is 11.3. The fraction of sp³-hybridized carbons (Fsp3) is 0.714. The molecule has 3 fully saturated rings. The maximum Gasteiger partial charge on any atom is 0.252 e. The number of sulfonamides is 1. The molecule has 0 amide bonds. The number of nitrogens with zero attached hydrogens (tertiary/aromatic N) is 1. The monoisotopic (exact) mass is 313 g/mol. The SMILES string of the molecule is O=S(=O)(c1cccs1)N1CC2CCC1C2OCC1CC1. The van der Waals surface area contributed by atoms with Crippen molar-refractivity contribution in [1.29, 1.82) is 0 Å². The van der Waals surface area contributed by atoms with Crippen LogP contribution in [-0.2, 0) is 14.8 Å². The lowest BCUT2D eigenvalue weighted by Crippen LogP contribution is -2.39. The first-order valence-electron chi connectivity index (χ1n) is 7.33. The summed E-state index contributed by atoms with van der Waals surface area (Å²) >= 11 is 1.30. The Kier molecular flexibility index (Phi) is 3.18. The first kappa shape index (κ1) is 13.2. The summed E-state index contributed by atoms with van der Waals surface area (Å²) < 4.78 is 33.5. The molecule has 4 rings (SSSR count). The highest BCUT2D eigenvalue weighted by Gasteiger charge is 2.52. The third-order valence-electron chi connectivity index (χ3n) is 4.74. The van der Waals surface area contributed by atoms with E-state index in [1.165, 1.54) is 24.2 Å². The second kappa shape index (κ2) is 4.80. The van der Waals surface area contributed by atoms with E-state index in [0.29, 0.717) is 16.7 Å². The molecule has 0 radical (unpaired) electrons. The molecule has 2 aliphatic carbocycles. The summed E-state index contributed by atoms with van der Waals surface area (Å²) in [5, 5.41) is 1.82. The maximum absolute atomic E-state index is 12.7. The van der Waals surface area contributed by atoms with Gasteiger partial charge in [-0.1, -0.05) is 6.07 Å². The normalized spacial score (nSPS) is 33.9. The van der Waals surface area contributed by atoms with Gasteiger partial charge in [-0.2, -0.15) is 4.31 Å². The predicted octanol–water partition coefficient (Wildman–Crippen LogP) is 2.33. The van der Waals surface area contributed by atoms with Gasteiger partial charge in [0.2, 0.25) is 0 Å². The Labute approximate surface area is 123 Å². The fourth-order valence-electron chi connectivity index (χ4n) is 3.48. The summed E-state index contributed by atoms with van der Waals surface area (Å²) in [5.74, 6) is 1.13. The van der Waals surface area contributed by atoms with E-state index in [1.807, 2.05) is 5.38 Å². The molecular formula is C14H19NO3S2. The van der Waals surface area contributed by atoms with Gasteiger partial charge in [0.25, 0.3) is 10.0 Å². The number of rotatable bonds is 5. The topological polar surface area (TPSA) is 46.6 Å². The van der Waals surface area contributed by atoms with E-state index in [4.69, 9.17) is 4.74 Å². The van der Waals surface area contributed by atoms with Crippen molar-refractivity contribution in [3.8, 4) is 0 Å². The molecule has 3 atom stereocenters. The van der Waals surface area contributed by atoms with Crippen molar-refractivity contribution in [2.24, 2.45) is 11.8 Å². The van der Waals surface area contributed by atoms with E-state index in [0.717, 1.165) is 25.4 Å². The molecule has 3 aliphatic rings. The number of hydrogen-bond acceptors (Lipinski definition) is 4. The summed E-state index contributed by atoms with van der Waals surface area (Å²) in [5.41, 5.74) is 0. The average molecular weight is 313 g/mol. The summed E-state index contributed by atoms with van der Waals surface area (Å²) in [6.07, 6.45) is 4.74. The number of hydrogen-bond donors (Lipinski definition) is 0. The molecule has 0 aromatic carbocycles. The lowest BCUT2D eigenvalue weighted by Gasteiger charge is -2.25. The van der Waals surface area contributed by atoms with Crippen molar-refractivity contribution in [1.82, 2.24) is 4.31 Å². The molecule has 3 unspecified atom stereocenters. The molecule has 4 nitrogen and oxygen atoms in total. The van der Waals surface area contributed by atoms with E-state index < -0.39 is 10.0 Å². The highest BCUT2D eigenvalue weighted by Crippen LogP contribution is 2.44. The molecule has 1 aromatic rings. The van der Waals surface area contributed by atoms with Gasteiger partial charge in [-0.25, -0.2) is 8.42 Å². The maximum atomic E-state index is 12.7. The Bertz CT molecular complexity index is 580. The van der Waals surface area contributed by atoms with Gasteiger partial charge in [0.05, 0.1) is 12.1 Å². The molecule has 110 valence electrons. The first-order chi connectivity index (χ1) is 9.66. The van der Waals surface area contributed by atoms with Crippen LogP contribution in [0.4, 0.5) is 0 Å². The van der Waals surface area contributed by atoms with Crippen molar-refractivity contribution in [3.05, 3.63) is 17.5 Å². The Hall–Kier alpha value is -0.430. The Morgan fingerprint density at radius 2 is 2.15 bits per heavy atom. The van der Waals surface area contributed by atoms with Gasteiger partial charge in [0.15, 0.2) is 0 Å². The lowest BCUT2D eigenvalue weighted by molar-refractivity contribution is 0.0272. The summed E-state index contributed by atoms with van der Waals surface area (Å²) in [4.78, 5) is 0. The standard InChI is InChI=1S/C14H19NO3S2/c16-20(17,13-2-1-7-19-13)15-8-11-5-6-12(15)14(11)18-9-10-3-4-10/h1-2,7,10-12,14H,3-6,8-9H2. The number of piperidine rings is 1. The van der Waals surface area contributed by atoms with Gasteiger partial charge < -0.3 is 4.74 Å². The van der Waals surface area contributed by atoms with Gasteiger partial charge in [0, 0.05) is 19.1 Å². The average Bonchev–Trinajstić information content (AvgIpc) is 2.90. The second-order valence-corrected chi connectivity index (χ2v) is 9.22. The van der Waals surface area contributed by atoms with Crippen LogP contribution < -0.4 is 0 Å². The Morgan fingerprint density at radius 1 is 1.30 bits per heavy atom. The molecule has 1 aliphatic heterocycles. The second-order valence-electron chi connectivity index (χ2n) is 6.15. The summed E-state index contributed by atoms with van der Waals surface area (Å²) in [6.45, 7) is 1.46. The minimum Gasteiger partial charge on any atom is -0.376 e. The quantitative estimate of drug-likeness (QED) is 0.838. The van der Waals surface area contributed by atoms with Gasteiger partial charge in [-0.05, 0) is 43.0 Å². The molecule has 0 N–H and O–H groups in total. The number of ether oxygens (including phenoxy) is 1. The molecule has 6 heteroatoms. The van der Waals surface area contributed by atoms with Crippen LogP contribution in [0.1, 0.15) is 25.7 Å². The summed E-state index contributed by atoms with van der Waals surface area (Å²) in [6, 6.07) is 3.56. The number of fused-ring (bicyclic) bond motifs is 2. The van der Waals surface area contributed by atoms with Gasteiger partial charge in [-0.3, -0.25) is 0 Å². The van der Waals surface area contributed by atoms with E-state index in [9.17, 15) is 8.42 Å².